The number of halogens is 2. The number of carbonyl (C=O) groups is 2. The van der Waals surface area contributed by atoms with Crippen molar-refractivity contribution in [1.29, 1.82) is 0 Å². The Labute approximate surface area is 188 Å². The highest BCUT2D eigenvalue weighted by atomic mass is 19.1. The van der Waals surface area contributed by atoms with Crippen molar-refractivity contribution in [1.82, 2.24) is 20.6 Å². The number of fused-ring (bicyclic) bond motifs is 1. The molecular weight excluding hydrogens is 432 g/mol. The number of nitrogens with zero attached hydrogens (tertiary/aromatic N) is 2. The van der Waals surface area contributed by atoms with Crippen molar-refractivity contribution in [3.63, 3.8) is 0 Å². The molecule has 4 N–H and O–H groups in total. The van der Waals surface area contributed by atoms with Gasteiger partial charge in [-0.1, -0.05) is 18.2 Å². The summed E-state index contributed by atoms with van der Waals surface area (Å²) in [6.07, 6.45) is -0.496. The lowest BCUT2D eigenvalue weighted by molar-refractivity contribution is -0.120. The first-order valence-electron chi connectivity index (χ1n) is 10.3. The summed E-state index contributed by atoms with van der Waals surface area (Å²) in [5.41, 5.74) is 1.46. The standard InChI is InChI=1S/C23H21F2N5O3/c1-12(31)10-26-18(32)9-13-5-7-14(8-6-13)28-22-20-17(11-27-23(20)33)29-21(30-22)19-15(24)3-2-4-16(19)25/h2-8,12,31H,9-11H2,1H3,(H,26,32)(H,27,33)(H,28,29,30). The van der Waals surface area contributed by atoms with Crippen molar-refractivity contribution in [2.75, 3.05) is 11.9 Å². The van der Waals surface area contributed by atoms with E-state index in [1.165, 1.54) is 6.07 Å². The van der Waals surface area contributed by atoms with Gasteiger partial charge in [0.15, 0.2) is 5.82 Å². The third-order valence-corrected chi connectivity index (χ3v) is 4.99. The molecule has 2 heterocycles. The Kier molecular flexibility index (Phi) is 6.27. The Balaban J connectivity index is 1.60. The quantitative estimate of drug-likeness (QED) is 0.437. The molecule has 2 amide bonds. The van der Waals surface area contributed by atoms with Gasteiger partial charge in [-0.05, 0) is 36.8 Å². The first kappa shape index (κ1) is 22.3. The van der Waals surface area contributed by atoms with Crippen LogP contribution in [-0.4, -0.2) is 39.5 Å². The van der Waals surface area contributed by atoms with E-state index in [-0.39, 0.29) is 54.1 Å². The van der Waals surface area contributed by atoms with E-state index in [0.29, 0.717) is 11.4 Å². The van der Waals surface area contributed by atoms with E-state index in [2.05, 4.69) is 25.9 Å². The second kappa shape index (κ2) is 9.29. The van der Waals surface area contributed by atoms with Crippen molar-refractivity contribution < 1.29 is 23.5 Å². The summed E-state index contributed by atoms with van der Waals surface area (Å²) in [5.74, 6) is -2.28. The highest BCUT2D eigenvalue weighted by molar-refractivity contribution is 6.03. The van der Waals surface area contributed by atoms with Gasteiger partial charge in [0.1, 0.15) is 23.0 Å². The molecule has 4 rings (SSSR count). The van der Waals surface area contributed by atoms with Crippen LogP contribution in [0.25, 0.3) is 11.4 Å². The lowest BCUT2D eigenvalue weighted by Gasteiger charge is -2.12. The van der Waals surface area contributed by atoms with Gasteiger partial charge in [-0.15, -0.1) is 0 Å². The topological polar surface area (TPSA) is 116 Å². The minimum absolute atomic E-state index is 0.120. The average Bonchev–Trinajstić information content (AvgIpc) is 3.14. The van der Waals surface area contributed by atoms with E-state index >= 15 is 0 Å². The van der Waals surface area contributed by atoms with Crippen molar-refractivity contribution in [3.8, 4) is 11.4 Å². The summed E-state index contributed by atoms with van der Waals surface area (Å²) < 4.78 is 28.6. The third kappa shape index (κ3) is 4.96. The fraction of sp³-hybridized carbons (Fsp3) is 0.217. The van der Waals surface area contributed by atoms with Gasteiger partial charge in [0, 0.05) is 12.2 Å². The monoisotopic (exact) mass is 453 g/mol. The summed E-state index contributed by atoms with van der Waals surface area (Å²) in [4.78, 5) is 32.7. The number of hydrogen-bond donors (Lipinski definition) is 4. The number of amides is 2. The van der Waals surface area contributed by atoms with Gasteiger partial charge in [0.25, 0.3) is 5.91 Å². The molecule has 3 aromatic rings. The van der Waals surface area contributed by atoms with E-state index < -0.39 is 17.7 Å². The van der Waals surface area contributed by atoms with Crippen LogP contribution in [0, 0.1) is 11.6 Å². The SMILES string of the molecule is CC(O)CNC(=O)Cc1ccc(Nc2nc(-c3c(F)cccc3F)nc3c2C(=O)NC3)cc1. The number of hydrogen-bond acceptors (Lipinski definition) is 6. The minimum Gasteiger partial charge on any atom is -0.392 e. The highest BCUT2D eigenvalue weighted by Crippen LogP contribution is 2.30. The number of aliphatic hydroxyl groups is 1. The summed E-state index contributed by atoms with van der Waals surface area (Å²) in [6.45, 7) is 1.87. The lowest BCUT2D eigenvalue weighted by atomic mass is 10.1. The second-order valence-corrected chi connectivity index (χ2v) is 7.65. The van der Waals surface area contributed by atoms with Crippen molar-refractivity contribution in [2.45, 2.75) is 26.0 Å². The molecule has 0 aliphatic carbocycles. The number of aromatic nitrogens is 2. The molecule has 0 spiro atoms. The van der Waals surface area contributed by atoms with E-state index in [1.807, 2.05) is 0 Å². The van der Waals surface area contributed by atoms with Crippen LogP contribution >= 0.6 is 0 Å². The summed E-state index contributed by atoms with van der Waals surface area (Å²) >= 11 is 0. The number of benzene rings is 2. The molecule has 33 heavy (non-hydrogen) atoms. The summed E-state index contributed by atoms with van der Waals surface area (Å²) in [5, 5.41) is 17.5. The summed E-state index contributed by atoms with van der Waals surface area (Å²) in [6, 6.07) is 10.3. The van der Waals surface area contributed by atoms with Crippen LogP contribution in [0.5, 0.6) is 0 Å². The molecule has 0 saturated carbocycles. The molecule has 0 saturated heterocycles. The fourth-order valence-corrected chi connectivity index (χ4v) is 3.39. The number of anilines is 2. The number of nitrogens with one attached hydrogen (secondary N) is 3. The third-order valence-electron chi connectivity index (χ3n) is 4.99. The maximum absolute atomic E-state index is 14.3. The van der Waals surface area contributed by atoms with Crippen LogP contribution in [0.15, 0.2) is 42.5 Å². The largest absolute Gasteiger partial charge is 0.392 e. The van der Waals surface area contributed by atoms with Gasteiger partial charge < -0.3 is 21.1 Å². The second-order valence-electron chi connectivity index (χ2n) is 7.65. The number of aliphatic hydroxyl groups excluding tert-OH is 1. The van der Waals surface area contributed by atoms with Crippen molar-refractivity contribution in [3.05, 3.63) is 70.9 Å². The fourth-order valence-electron chi connectivity index (χ4n) is 3.39. The molecule has 0 radical (unpaired) electrons. The Morgan fingerprint density at radius 3 is 2.48 bits per heavy atom. The van der Waals surface area contributed by atoms with E-state index in [4.69, 9.17) is 0 Å². The molecule has 2 aromatic carbocycles. The molecular formula is C23H21F2N5O3. The molecule has 1 aliphatic heterocycles. The zero-order valence-electron chi connectivity index (χ0n) is 17.7. The molecule has 1 atom stereocenters. The molecule has 1 aliphatic rings. The predicted octanol–water partition coefficient (Wildman–Crippen LogP) is 2.45. The van der Waals surface area contributed by atoms with Crippen LogP contribution in [-0.2, 0) is 17.8 Å². The normalized spacial score (nSPS) is 13.3. The van der Waals surface area contributed by atoms with E-state index in [9.17, 15) is 23.5 Å². The molecule has 1 aromatic heterocycles. The molecule has 8 nitrogen and oxygen atoms in total. The van der Waals surface area contributed by atoms with Crippen LogP contribution in [0.2, 0.25) is 0 Å². The molecule has 170 valence electrons. The maximum atomic E-state index is 14.3. The highest BCUT2D eigenvalue weighted by Gasteiger charge is 2.28. The van der Waals surface area contributed by atoms with Crippen LogP contribution < -0.4 is 16.0 Å². The average molecular weight is 453 g/mol. The van der Waals surface area contributed by atoms with Gasteiger partial charge >= 0.3 is 0 Å². The minimum atomic E-state index is -0.809. The van der Waals surface area contributed by atoms with E-state index in [1.54, 1.807) is 31.2 Å². The first-order valence-corrected chi connectivity index (χ1v) is 10.3. The van der Waals surface area contributed by atoms with Gasteiger partial charge in [-0.25, -0.2) is 18.7 Å². The smallest absolute Gasteiger partial charge is 0.257 e. The number of carbonyl (C=O) groups excluding carboxylic acids is 2. The van der Waals surface area contributed by atoms with Gasteiger partial charge in [-0.2, -0.15) is 0 Å². The van der Waals surface area contributed by atoms with Crippen molar-refractivity contribution >= 4 is 23.3 Å². The molecule has 0 bridgehead atoms. The molecule has 10 heteroatoms. The first-order chi connectivity index (χ1) is 15.8. The van der Waals surface area contributed by atoms with Crippen LogP contribution in [0.4, 0.5) is 20.3 Å². The molecule has 0 fully saturated rings. The maximum Gasteiger partial charge on any atom is 0.257 e. The Hall–Kier alpha value is -3.92. The van der Waals surface area contributed by atoms with Gasteiger partial charge in [-0.3, -0.25) is 9.59 Å². The molecule has 1 unspecified atom stereocenters. The Morgan fingerprint density at radius 1 is 1.12 bits per heavy atom. The lowest BCUT2D eigenvalue weighted by Crippen LogP contribution is -2.31. The van der Waals surface area contributed by atoms with Gasteiger partial charge in [0.05, 0.1) is 30.3 Å². The zero-order valence-corrected chi connectivity index (χ0v) is 17.7. The predicted molar refractivity (Wildman–Crippen MR) is 117 cm³/mol. The number of rotatable bonds is 7. The van der Waals surface area contributed by atoms with Crippen LogP contribution in [0.1, 0.15) is 28.5 Å². The Bertz CT molecular complexity index is 1200. The Morgan fingerprint density at radius 2 is 1.82 bits per heavy atom. The zero-order chi connectivity index (χ0) is 23.5. The van der Waals surface area contributed by atoms with Crippen molar-refractivity contribution in [2.24, 2.45) is 0 Å². The van der Waals surface area contributed by atoms with Gasteiger partial charge in [0.2, 0.25) is 5.91 Å². The summed E-state index contributed by atoms with van der Waals surface area (Å²) in [7, 11) is 0. The van der Waals surface area contributed by atoms with Crippen LogP contribution in [0.3, 0.4) is 0 Å². The van der Waals surface area contributed by atoms with E-state index in [0.717, 1.165) is 17.7 Å².